The van der Waals surface area contributed by atoms with Crippen molar-refractivity contribution in [1.29, 1.82) is 5.26 Å². The molecule has 8 heteroatoms. The van der Waals surface area contributed by atoms with Gasteiger partial charge >= 0.3 is 11.9 Å². The summed E-state index contributed by atoms with van der Waals surface area (Å²) in [5.41, 5.74) is 0.858. The molecule has 5 rings (SSSR count). The zero-order valence-electron chi connectivity index (χ0n) is 28.4. The quantitative estimate of drug-likeness (QED) is 0.180. The Balaban J connectivity index is 1.19. The van der Waals surface area contributed by atoms with Crippen molar-refractivity contribution in [2.75, 3.05) is 32.8 Å². The summed E-state index contributed by atoms with van der Waals surface area (Å²) in [5, 5.41) is 34.2. The van der Waals surface area contributed by atoms with Gasteiger partial charge in [-0.3, -0.25) is 9.59 Å². The number of nitrogens with zero attached hydrogens (tertiary/aromatic N) is 2. The van der Waals surface area contributed by atoms with Gasteiger partial charge in [-0.1, -0.05) is 72.8 Å². The van der Waals surface area contributed by atoms with Crippen LogP contribution < -0.4 is 5.32 Å². The first-order valence-electron chi connectivity index (χ1n) is 17.2. The molecule has 2 aliphatic heterocycles. The average molecular weight is 652 g/mol. The maximum absolute atomic E-state index is 13.3. The number of benzene rings is 3. The minimum atomic E-state index is -1.42. The highest BCUT2D eigenvalue weighted by Gasteiger charge is 2.64. The number of hydrogen-bond donors (Lipinski definition) is 3. The number of rotatable bonds is 13. The van der Waals surface area contributed by atoms with Crippen LogP contribution in [0, 0.1) is 22.2 Å². The van der Waals surface area contributed by atoms with Gasteiger partial charge in [0.15, 0.2) is 0 Å². The number of nitrogens with one attached hydrogen (secondary N) is 1. The monoisotopic (exact) mass is 651 g/mol. The Kier molecular flexibility index (Phi) is 11.0. The number of nitriles is 1. The van der Waals surface area contributed by atoms with Crippen LogP contribution >= 0.6 is 0 Å². The van der Waals surface area contributed by atoms with Crippen molar-refractivity contribution in [3.8, 4) is 6.07 Å². The molecule has 4 unspecified atom stereocenters. The maximum atomic E-state index is 13.3. The van der Waals surface area contributed by atoms with Gasteiger partial charge in [-0.15, -0.1) is 0 Å². The van der Waals surface area contributed by atoms with Crippen molar-refractivity contribution in [1.82, 2.24) is 10.2 Å². The normalized spacial score (nSPS) is 27.2. The van der Waals surface area contributed by atoms with Crippen molar-refractivity contribution >= 4 is 11.9 Å². The summed E-state index contributed by atoms with van der Waals surface area (Å²) in [4.78, 5) is 28.6. The number of likely N-dealkylation sites (tertiary alicyclic amines) is 1. The molecule has 2 heterocycles. The van der Waals surface area contributed by atoms with Crippen LogP contribution in [0.25, 0.3) is 0 Å². The lowest BCUT2D eigenvalue weighted by Crippen LogP contribution is -2.68. The third kappa shape index (κ3) is 6.64. The Morgan fingerprint density at radius 2 is 1.48 bits per heavy atom. The van der Waals surface area contributed by atoms with Crippen molar-refractivity contribution < 1.29 is 24.5 Å². The highest BCUT2D eigenvalue weighted by atomic mass is 16.5. The molecule has 3 aromatic carbocycles. The van der Waals surface area contributed by atoms with E-state index in [2.05, 4.69) is 76.9 Å². The number of carboxylic acid groups (broad SMARTS) is 2. The lowest BCUT2D eigenvalue weighted by atomic mass is 9.51. The van der Waals surface area contributed by atoms with Gasteiger partial charge in [-0.2, -0.15) is 5.26 Å². The first kappa shape index (κ1) is 35.3. The molecule has 2 saturated heterocycles. The van der Waals surface area contributed by atoms with E-state index in [1.807, 2.05) is 6.92 Å². The predicted molar refractivity (Wildman–Crippen MR) is 186 cm³/mol. The molecule has 0 aliphatic carbocycles. The molecule has 254 valence electrons. The molecule has 0 saturated carbocycles. The zero-order valence-corrected chi connectivity index (χ0v) is 28.4. The van der Waals surface area contributed by atoms with Gasteiger partial charge in [0.1, 0.15) is 0 Å². The predicted octanol–water partition coefficient (Wildman–Crippen LogP) is 6.45. The fourth-order valence-electron chi connectivity index (χ4n) is 8.62. The van der Waals surface area contributed by atoms with Gasteiger partial charge in [0.2, 0.25) is 0 Å². The molecular weight excluding hydrogens is 602 g/mol. The third-order valence-corrected chi connectivity index (χ3v) is 11.5. The summed E-state index contributed by atoms with van der Waals surface area (Å²) < 4.78 is 6.05. The minimum absolute atomic E-state index is 0.0169. The standard InChI is InChI=1S/C40H49N3O5/c1-29-38(3,36(44)45)35(32-14-10-13-31(27-32)28-41)40(37(46)47,30(2)42-29)19-11-25-48-26-12-22-43-23-20-39(21-24-43,33-15-6-4-7-16-33)34-17-8-5-9-18-34/h4-10,13-18,27,29-30,35,42H,11-12,19-26H2,1-3H3,(H,44,45)(H,46,47)/t29?,30?,35-,38?,40?/m1/s1. The van der Waals surface area contributed by atoms with Gasteiger partial charge in [-0.05, 0) is 94.8 Å². The van der Waals surface area contributed by atoms with E-state index >= 15 is 0 Å². The van der Waals surface area contributed by atoms with E-state index in [4.69, 9.17) is 4.74 Å². The third-order valence-electron chi connectivity index (χ3n) is 11.5. The molecule has 8 nitrogen and oxygen atoms in total. The highest BCUT2D eigenvalue weighted by Crippen LogP contribution is 2.57. The van der Waals surface area contributed by atoms with Gasteiger partial charge in [-0.25, -0.2) is 0 Å². The molecule has 0 radical (unpaired) electrons. The van der Waals surface area contributed by atoms with Gasteiger partial charge in [0.25, 0.3) is 0 Å². The van der Waals surface area contributed by atoms with Crippen molar-refractivity contribution in [3.05, 3.63) is 107 Å². The van der Waals surface area contributed by atoms with Gasteiger partial charge in [0.05, 0.1) is 22.5 Å². The molecule has 5 atom stereocenters. The van der Waals surface area contributed by atoms with Crippen LogP contribution in [-0.4, -0.2) is 72.0 Å². The fraction of sp³-hybridized carbons (Fsp3) is 0.475. The largest absolute Gasteiger partial charge is 0.481 e. The van der Waals surface area contributed by atoms with Crippen molar-refractivity contribution in [2.45, 2.75) is 76.3 Å². The van der Waals surface area contributed by atoms with Crippen molar-refractivity contribution in [3.63, 3.8) is 0 Å². The SMILES string of the molecule is CC1NC(C)C(CCCOCCCN2CCC(c3ccccc3)(c3ccccc3)CC2)(C(=O)O)[C@H](c2cccc(C#N)c2)C1(C)C(=O)O. The smallest absolute Gasteiger partial charge is 0.311 e. The van der Waals surface area contributed by atoms with Gasteiger partial charge in [0, 0.05) is 43.2 Å². The molecule has 0 aromatic heterocycles. The van der Waals surface area contributed by atoms with Crippen LogP contribution in [0.1, 0.15) is 81.0 Å². The minimum Gasteiger partial charge on any atom is -0.481 e. The van der Waals surface area contributed by atoms with E-state index in [-0.39, 0.29) is 11.8 Å². The summed E-state index contributed by atoms with van der Waals surface area (Å²) in [6.07, 6.45) is 3.69. The number of aliphatic carboxylic acids is 2. The van der Waals surface area contributed by atoms with Crippen LogP contribution in [0.15, 0.2) is 84.9 Å². The van der Waals surface area contributed by atoms with Crippen molar-refractivity contribution in [2.24, 2.45) is 10.8 Å². The van der Waals surface area contributed by atoms with Gasteiger partial charge < -0.3 is 25.2 Å². The molecule has 0 bridgehead atoms. The number of hydrogen-bond acceptors (Lipinski definition) is 6. The molecular formula is C40H49N3O5. The van der Waals surface area contributed by atoms with E-state index in [1.165, 1.54) is 11.1 Å². The number of piperidine rings is 2. The Hall–Kier alpha value is -4.03. The first-order chi connectivity index (χ1) is 23.1. The molecule has 3 aromatic rings. The second-order valence-corrected chi connectivity index (χ2v) is 13.9. The van der Waals surface area contributed by atoms with E-state index in [0.717, 1.165) is 38.9 Å². The number of carbonyl (C=O) groups is 2. The van der Waals surface area contributed by atoms with Crippen LogP contribution in [0.3, 0.4) is 0 Å². The number of ether oxygens (including phenoxy) is 1. The second-order valence-electron chi connectivity index (χ2n) is 13.9. The first-order valence-corrected chi connectivity index (χ1v) is 17.2. The summed E-state index contributed by atoms with van der Waals surface area (Å²) in [7, 11) is 0. The van der Waals surface area contributed by atoms with E-state index in [0.29, 0.717) is 30.8 Å². The summed E-state index contributed by atoms with van der Waals surface area (Å²) >= 11 is 0. The zero-order chi connectivity index (χ0) is 34.4. The Bertz CT molecular complexity index is 1540. The summed E-state index contributed by atoms with van der Waals surface area (Å²) in [6.45, 7) is 9.16. The number of carboxylic acids is 2. The molecule has 2 aliphatic rings. The topological polar surface area (TPSA) is 123 Å². The lowest BCUT2D eigenvalue weighted by molar-refractivity contribution is -0.171. The second kappa shape index (κ2) is 15.0. The van der Waals surface area contributed by atoms with Crippen LogP contribution in [-0.2, 0) is 19.7 Å². The molecule has 2 fully saturated rings. The molecule has 0 amide bonds. The molecule has 48 heavy (non-hydrogen) atoms. The van der Waals surface area contributed by atoms with E-state index in [1.54, 1.807) is 38.1 Å². The summed E-state index contributed by atoms with van der Waals surface area (Å²) in [6, 6.07) is 29.6. The average Bonchev–Trinajstić information content (AvgIpc) is 3.10. The fourth-order valence-corrected chi connectivity index (χ4v) is 8.62. The molecule has 3 N–H and O–H groups in total. The summed E-state index contributed by atoms with van der Waals surface area (Å²) in [5.74, 6) is -2.97. The Morgan fingerprint density at radius 3 is 2.04 bits per heavy atom. The maximum Gasteiger partial charge on any atom is 0.311 e. The highest BCUT2D eigenvalue weighted by molar-refractivity contribution is 5.84. The van der Waals surface area contributed by atoms with E-state index in [9.17, 15) is 25.1 Å². The lowest BCUT2D eigenvalue weighted by Gasteiger charge is -2.56. The molecule has 0 spiro atoms. The van der Waals surface area contributed by atoms with E-state index < -0.39 is 40.8 Å². The Labute approximate surface area is 284 Å². The van der Waals surface area contributed by atoms with Crippen LogP contribution in [0.4, 0.5) is 0 Å². The van der Waals surface area contributed by atoms with Crippen LogP contribution in [0.2, 0.25) is 0 Å². The van der Waals surface area contributed by atoms with Crippen LogP contribution in [0.5, 0.6) is 0 Å². The Morgan fingerprint density at radius 1 is 0.875 bits per heavy atom.